The van der Waals surface area contributed by atoms with E-state index in [2.05, 4.69) is 10.6 Å². The van der Waals surface area contributed by atoms with Crippen LogP contribution in [0.5, 0.6) is 0 Å². The Balaban J connectivity index is 1.74. The lowest BCUT2D eigenvalue weighted by Crippen LogP contribution is -2.44. The number of hydrogen-bond donors (Lipinski definition) is 2. The molecular formula is C24H29N3O3. The molecule has 2 aromatic rings. The molecule has 6 nitrogen and oxygen atoms in total. The van der Waals surface area contributed by atoms with Crippen molar-refractivity contribution in [3.8, 4) is 0 Å². The number of nitrogens with one attached hydrogen (secondary N) is 2. The summed E-state index contributed by atoms with van der Waals surface area (Å²) in [6.07, 6.45) is 1.30. The Morgan fingerprint density at radius 2 is 1.83 bits per heavy atom. The molecule has 1 heterocycles. The Morgan fingerprint density at radius 3 is 2.50 bits per heavy atom. The lowest BCUT2D eigenvalue weighted by Gasteiger charge is -2.21. The van der Waals surface area contributed by atoms with E-state index >= 15 is 0 Å². The van der Waals surface area contributed by atoms with Crippen LogP contribution in [0.3, 0.4) is 0 Å². The van der Waals surface area contributed by atoms with Crippen molar-refractivity contribution in [2.45, 2.75) is 46.6 Å². The molecule has 0 spiro atoms. The fourth-order valence-corrected chi connectivity index (χ4v) is 3.80. The maximum atomic E-state index is 13.0. The fourth-order valence-electron chi connectivity index (χ4n) is 3.80. The summed E-state index contributed by atoms with van der Waals surface area (Å²) in [5.41, 5.74) is 4.04. The normalized spacial score (nSPS) is 13.7. The van der Waals surface area contributed by atoms with Crippen molar-refractivity contribution in [1.29, 1.82) is 0 Å². The third kappa shape index (κ3) is 4.87. The van der Waals surface area contributed by atoms with Crippen molar-refractivity contribution in [2.75, 3.05) is 16.8 Å². The number of nitrogens with zero attached hydrogens (tertiary/aromatic N) is 1. The number of aryl methyl sites for hydroxylation is 1. The van der Waals surface area contributed by atoms with Crippen LogP contribution in [0, 0.1) is 12.8 Å². The van der Waals surface area contributed by atoms with E-state index in [1.54, 1.807) is 24.0 Å². The molecule has 2 N–H and O–H groups in total. The van der Waals surface area contributed by atoms with Gasteiger partial charge in [-0.2, -0.15) is 0 Å². The smallest absolute Gasteiger partial charge is 0.252 e. The Kier molecular flexibility index (Phi) is 6.55. The summed E-state index contributed by atoms with van der Waals surface area (Å²) in [6.45, 7) is 8.13. The lowest BCUT2D eigenvalue weighted by molar-refractivity contribution is -0.118. The highest BCUT2D eigenvalue weighted by atomic mass is 16.2. The molecule has 1 aliphatic heterocycles. The fraction of sp³-hybridized carbons (Fsp3) is 0.375. The molecule has 2 aromatic carbocycles. The zero-order chi connectivity index (χ0) is 21.8. The van der Waals surface area contributed by atoms with Gasteiger partial charge in [0.05, 0.1) is 0 Å². The molecule has 158 valence electrons. The largest absolute Gasteiger partial charge is 0.340 e. The highest BCUT2D eigenvalue weighted by Gasteiger charge is 2.25. The third-order valence-corrected chi connectivity index (χ3v) is 5.34. The van der Waals surface area contributed by atoms with Crippen LogP contribution < -0.4 is 15.5 Å². The minimum Gasteiger partial charge on any atom is -0.340 e. The van der Waals surface area contributed by atoms with E-state index in [0.717, 1.165) is 23.2 Å². The summed E-state index contributed by atoms with van der Waals surface area (Å²) in [5.74, 6) is -0.240. The van der Waals surface area contributed by atoms with Crippen LogP contribution >= 0.6 is 0 Å². The van der Waals surface area contributed by atoms with Crippen LogP contribution in [0.25, 0.3) is 0 Å². The maximum absolute atomic E-state index is 13.0. The van der Waals surface area contributed by atoms with Crippen molar-refractivity contribution >= 4 is 29.1 Å². The second-order valence-electron chi connectivity index (χ2n) is 8.22. The number of anilines is 2. The molecule has 30 heavy (non-hydrogen) atoms. The van der Waals surface area contributed by atoms with E-state index in [1.807, 2.05) is 51.1 Å². The molecule has 0 radical (unpaired) electrons. The standard InChI is InChI=1S/C24H29N3O3/c1-15(2)13-21(26-23(29)20-8-6-5-7-16(20)3)24(30)25-19-9-10-22-18(14-19)11-12-27(22)17(4)28/h5-10,14-15,21H,11-13H2,1-4H3,(H,25,30)(H,26,29). The van der Waals surface area contributed by atoms with Gasteiger partial charge < -0.3 is 15.5 Å². The van der Waals surface area contributed by atoms with E-state index in [0.29, 0.717) is 24.2 Å². The molecular weight excluding hydrogens is 378 g/mol. The minimum atomic E-state index is -0.640. The molecule has 1 unspecified atom stereocenters. The van der Waals surface area contributed by atoms with Gasteiger partial charge in [0.25, 0.3) is 5.91 Å². The van der Waals surface area contributed by atoms with E-state index in [4.69, 9.17) is 0 Å². The second kappa shape index (κ2) is 9.11. The van der Waals surface area contributed by atoms with E-state index in [1.165, 1.54) is 0 Å². The quantitative estimate of drug-likeness (QED) is 0.767. The van der Waals surface area contributed by atoms with Gasteiger partial charge in [-0.3, -0.25) is 14.4 Å². The lowest BCUT2D eigenvalue weighted by atomic mass is 10.0. The Labute approximate surface area is 177 Å². The molecule has 0 fully saturated rings. The van der Waals surface area contributed by atoms with Crippen molar-refractivity contribution in [2.24, 2.45) is 5.92 Å². The van der Waals surface area contributed by atoms with Gasteiger partial charge in [-0.1, -0.05) is 32.0 Å². The monoisotopic (exact) mass is 407 g/mol. The first-order chi connectivity index (χ1) is 14.3. The number of carbonyl (C=O) groups is 3. The van der Waals surface area contributed by atoms with Crippen LogP contribution in [-0.4, -0.2) is 30.3 Å². The molecule has 0 saturated heterocycles. The summed E-state index contributed by atoms with van der Waals surface area (Å²) in [5, 5.41) is 5.83. The second-order valence-corrected chi connectivity index (χ2v) is 8.22. The number of rotatable bonds is 6. The van der Waals surface area contributed by atoms with Crippen molar-refractivity contribution in [1.82, 2.24) is 5.32 Å². The van der Waals surface area contributed by atoms with Gasteiger partial charge in [0, 0.05) is 30.4 Å². The van der Waals surface area contributed by atoms with Crippen LogP contribution in [0.1, 0.15) is 48.7 Å². The van der Waals surface area contributed by atoms with Gasteiger partial charge in [0.2, 0.25) is 11.8 Å². The first-order valence-corrected chi connectivity index (χ1v) is 10.3. The van der Waals surface area contributed by atoms with Gasteiger partial charge >= 0.3 is 0 Å². The van der Waals surface area contributed by atoms with Crippen LogP contribution in [0.15, 0.2) is 42.5 Å². The molecule has 1 atom stereocenters. The number of carbonyl (C=O) groups excluding carboxylic acids is 3. The maximum Gasteiger partial charge on any atom is 0.252 e. The average Bonchev–Trinajstić information content (AvgIpc) is 3.11. The Hall–Kier alpha value is -3.15. The van der Waals surface area contributed by atoms with Gasteiger partial charge in [-0.05, 0) is 61.1 Å². The van der Waals surface area contributed by atoms with Crippen molar-refractivity contribution < 1.29 is 14.4 Å². The predicted molar refractivity (Wildman–Crippen MR) is 119 cm³/mol. The van der Waals surface area contributed by atoms with Crippen molar-refractivity contribution in [3.63, 3.8) is 0 Å². The minimum absolute atomic E-state index is 0.0152. The number of fused-ring (bicyclic) bond motifs is 1. The molecule has 0 saturated carbocycles. The highest BCUT2D eigenvalue weighted by Crippen LogP contribution is 2.30. The van der Waals surface area contributed by atoms with Crippen LogP contribution in [-0.2, 0) is 16.0 Å². The zero-order valence-corrected chi connectivity index (χ0v) is 18.0. The van der Waals surface area contributed by atoms with Crippen LogP contribution in [0.4, 0.5) is 11.4 Å². The van der Waals surface area contributed by atoms with E-state index in [9.17, 15) is 14.4 Å². The topological polar surface area (TPSA) is 78.5 Å². The van der Waals surface area contributed by atoms with Gasteiger partial charge in [-0.15, -0.1) is 0 Å². The van der Waals surface area contributed by atoms with Gasteiger partial charge in [0.1, 0.15) is 6.04 Å². The SMILES string of the molecule is CC(=O)N1CCc2cc(NC(=O)C(CC(C)C)NC(=O)c3ccccc3C)ccc21. The van der Waals surface area contributed by atoms with Gasteiger partial charge in [-0.25, -0.2) is 0 Å². The van der Waals surface area contributed by atoms with Crippen LogP contribution in [0.2, 0.25) is 0 Å². The van der Waals surface area contributed by atoms with Crippen molar-refractivity contribution in [3.05, 3.63) is 59.2 Å². The summed E-state index contributed by atoms with van der Waals surface area (Å²) in [7, 11) is 0. The highest BCUT2D eigenvalue weighted by molar-refractivity contribution is 6.02. The summed E-state index contributed by atoms with van der Waals surface area (Å²) < 4.78 is 0. The molecule has 1 aliphatic rings. The first-order valence-electron chi connectivity index (χ1n) is 10.3. The molecule has 0 aromatic heterocycles. The number of benzene rings is 2. The predicted octanol–water partition coefficient (Wildman–Crippen LogP) is 3.69. The van der Waals surface area contributed by atoms with E-state index in [-0.39, 0.29) is 23.6 Å². The first kappa shape index (κ1) is 21.6. The molecule has 3 rings (SSSR count). The summed E-state index contributed by atoms with van der Waals surface area (Å²) in [4.78, 5) is 39.2. The average molecular weight is 408 g/mol. The third-order valence-electron chi connectivity index (χ3n) is 5.34. The molecule has 0 bridgehead atoms. The Morgan fingerprint density at radius 1 is 1.10 bits per heavy atom. The summed E-state index contributed by atoms with van der Waals surface area (Å²) >= 11 is 0. The number of hydrogen-bond acceptors (Lipinski definition) is 3. The molecule has 3 amide bonds. The molecule has 0 aliphatic carbocycles. The zero-order valence-electron chi connectivity index (χ0n) is 18.0. The summed E-state index contributed by atoms with van der Waals surface area (Å²) in [6, 6.07) is 12.3. The van der Waals surface area contributed by atoms with E-state index < -0.39 is 6.04 Å². The Bertz CT molecular complexity index is 968. The number of amides is 3. The molecule has 6 heteroatoms. The van der Waals surface area contributed by atoms with Gasteiger partial charge in [0.15, 0.2) is 0 Å².